The number of nitrogens with one attached hydrogen (secondary N) is 1. The van der Waals surface area contributed by atoms with Gasteiger partial charge in [-0.05, 0) is 67.8 Å². The molecule has 0 aromatic heterocycles. The van der Waals surface area contributed by atoms with E-state index in [4.69, 9.17) is 23.2 Å². The van der Waals surface area contributed by atoms with Gasteiger partial charge in [-0.15, -0.1) is 0 Å². The van der Waals surface area contributed by atoms with Crippen molar-refractivity contribution < 1.29 is 18.0 Å². The molecule has 44 heavy (non-hydrogen) atoms. The van der Waals surface area contributed by atoms with Gasteiger partial charge in [0.1, 0.15) is 12.6 Å². The molecule has 0 bridgehead atoms. The van der Waals surface area contributed by atoms with E-state index in [9.17, 15) is 18.0 Å². The van der Waals surface area contributed by atoms with Gasteiger partial charge in [-0.2, -0.15) is 0 Å². The highest BCUT2D eigenvalue weighted by Crippen LogP contribution is 2.31. The van der Waals surface area contributed by atoms with Crippen LogP contribution in [-0.4, -0.2) is 44.8 Å². The molecule has 0 radical (unpaired) electrons. The van der Waals surface area contributed by atoms with Crippen LogP contribution in [0.5, 0.6) is 0 Å². The second kappa shape index (κ2) is 14.3. The first kappa shape index (κ1) is 33.1. The van der Waals surface area contributed by atoms with Crippen molar-refractivity contribution >= 4 is 50.7 Å². The number of likely N-dealkylation sites (N-methyl/N-ethyl adjacent to an activating group) is 1. The normalized spacial score (nSPS) is 12.0. The SMILES string of the molecule is CNC(=O)[C@H](Cc1ccccc1)N(Cc1c(Cl)cccc1Cl)C(=O)CN(c1cc(C)ccc1C)S(=O)(=O)c1ccc(C)cc1. The van der Waals surface area contributed by atoms with Gasteiger partial charge in [-0.25, -0.2) is 8.42 Å². The zero-order chi connectivity index (χ0) is 32.0. The summed E-state index contributed by atoms with van der Waals surface area (Å²) in [5.41, 5.74) is 4.04. The summed E-state index contributed by atoms with van der Waals surface area (Å²) in [5.74, 6) is -1.01. The largest absolute Gasteiger partial charge is 0.357 e. The third kappa shape index (κ3) is 7.62. The quantitative estimate of drug-likeness (QED) is 0.201. The summed E-state index contributed by atoms with van der Waals surface area (Å²) in [4.78, 5) is 29.3. The molecule has 1 atom stereocenters. The number of sulfonamides is 1. The molecule has 0 aliphatic heterocycles. The van der Waals surface area contributed by atoms with Crippen molar-refractivity contribution in [2.24, 2.45) is 0 Å². The minimum Gasteiger partial charge on any atom is -0.357 e. The van der Waals surface area contributed by atoms with Gasteiger partial charge >= 0.3 is 0 Å². The van der Waals surface area contributed by atoms with E-state index in [1.54, 1.807) is 43.3 Å². The van der Waals surface area contributed by atoms with Crippen LogP contribution in [0.3, 0.4) is 0 Å². The predicted octanol–water partition coefficient (Wildman–Crippen LogP) is 6.50. The Morgan fingerprint density at radius 3 is 2.05 bits per heavy atom. The van der Waals surface area contributed by atoms with Gasteiger partial charge in [0.05, 0.1) is 10.6 Å². The molecule has 4 aromatic carbocycles. The van der Waals surface area contributed by atoms with E-state index in [0.29, 0.717) is 26.9 Å². The molecule has 0 aliphatic carbocycles. The van der Waals surface area contributed by atoms with Gasteiger partial charge in [0.25, 0.3) is 10.0 Å². The Bertz CT molecular complexity index is 1730. The Morgan fingerprint density at radius 1 is 0.818 bits per heavy atom. The standard InChI is InChI=1S/C34H35Cl2N3O4S/c1-23-14-17-27(18-15-23)44(42,43)39(31-19-24(2)13-16-25(31)3)22-33(40)38(21-28-29(35)11-8-12-30(28)36)32(34(41)37-4)20-26-9-6-5-7-10-26/h5-19,32H,20-22H2,1-4H3,(H,37,41)/t32-/m0/s1. The molecular formula is C34H35Cl2N3O4S. The molecule has 0 spiro atoms. The first-order valence-electron chi connectivity index (χ1n) is 14.1. The van der Waals surface area contributed by atoms with Gasteiger partial charge in [-0.1, -0.05) is 89.4 Å². The molecule has 1 N–H and O–H groups in total. The van der Waals surface area contributed by atoms with Crippen LogP contribution in [0.1, 0.15) is 27.8 Å². The van der Waals surface area contributed by atoms with E-state index in [1.165, 1.54) is 24.1 Å². The number of amides is 2. The summed E-state index contributed by atoms with van der Waals surface area (Å²) in [5, 5.41) is 3.31. The van der Waals surface area contributed by atoms with Crippen molar-refractivity contribution in [3.63, 3.8) is 0 Å². The lowest BCUT2D eigenvalue weighted by molar-refractivity contribution is -0.139. The average Bonchev–Trinajstić information content (AvgIpc) is 3.00. The number of anilines is 1. The van der Waals surface area contributed by atoms with E-state index in [0.717, 1.165) is 21.0 Å². The lowest BCUT2D eigenvalue weighted by atomic mass is 10.0. The van der Waals surface area contributed by atoms with Gasteiger partial charge in [0.2, 0.25) is 11.8 Å². The van der Waals surface area contributed by atoms with Crippen LogP contribution in [-0.2, 0) is 32.6 Å². The molecule has 4 rings (SSSR count). The van der Waals surface area contributed by atoms with Gasteiger partial charge < -0.3 is 10.2 Å². The fraction of sp³-hybridized carbons (Fsp3) is 0.235. The first-order valence-corrected chi connectivity index (χ1v) is 16.3. The zero-order valence-electron chi connectivity index (χ0n) is 25.1. The van der Waals surface area contributed by atoms with Crippen molar-refractivity contribution in [3.05, 3.63) is 129 Å². The number of carbonyl (C=O) groups is 2. The summed E-state index contributed by atoms with van der Waals surface area (Å²) in [6.45, 7) is 4.83. The number of hydrogen-bond acceptors (Lipinski definition) is 4. The Balaban J connectivity index is 1.85. The minimum absolute atomic E-state index is 0.0460. The van der Waals surface area contributed by atoms with Crippen molar-refractivity contribution in [1.82, 2.24) is 10.2 Å². The fourth-order valence-electron chi connectivity index (χ4n) is 4.91. The molecule has 0 heterocycles. The molecule has 10 heteroatoms. The van der Waals surface area contributed by atoms with E-state index in [2.05, 4.69) is 5.32 Å². The second-order valence-corrected chi connectivity index (χ2v) is 13.3. The summed E-state index contributed by atoms with van der Waals surface area (Å²) in [6.07, 6.45) is 0.183. The maximum atomic E-state index is 14.5. The monoisotopic (exact) mass is 651 g/mol. The number of aryl methyl sites for hydroxylation is 3. The molecule has 0 saturated carbocycles. The summed E-state index contributed by atoms with van der Waals surface area (Å²) >= 11 is 13.1. The summed E-state index contributed by atoms with van der Waals surface area (Å²) in [7, 11) is -2.71. The second-order valence-electron chi connectivity index (χ2n) is 10.7. The van der Waals surface area contributed by atoms with Crippen LogP contribution in [0, 0.1) is 20.8 Å². The van der Waals surface area contributed by atoms with E-state index in [-0.39, 0.29) is 17.9 Å². The van der Waals surface area contributed by atoms with E-state index < -0.39 is 34.4 Å². The topological polar surface area (TPSA) is 86.8 Å². The molecular weight excluding hydrogens is 617 g/mol. The predicted molar refractivity (Wildman–Crippen MR) is 177 cm³/mol. The van der Waals surface area contributed by atoms with Crippen LogP contribution in [0.15, 0.2) is 95.9 Å². The van der Waals surface area contributed by atoms with Crippen LogP contribution in [0.25, 0.3) is 0 Å². The number of rotatable bonds is 11. The highest BCUT2D eigenvalue weighted by molar-refractivity contribution is 7.92. The van der Waals surface area contributed by atoms with Crippen LogP contribution in [0.4, 0.5) is 5.69 Å². The van der Waals surface area contributed by atoms with Gasteiger partial charge in [0.15, 0.2) is 0 Å². The number of benzene rings is 4. The van der Waals surface area contributed by atoms with Gasteiger partial charge in [-0.3, -0.25) is 13.9 Å². The molecule has 0 fully saturated rings. The zero-order valence-corrected chi connectivity index (χ0v) is 27.4. The highest BCUT2D eigenvalue weighted by atomic mass is 35.5. The Kier molecular flexibility index (Phi) is 10.7. The Labute approximate surface area is 269 Å². The fourth-order valence-corrected chi connectivity index (χ4v) is 6.90. The highest BCUT2D eigenvalue weighted by Gasteiger charge is 2.35. The van der Waals surface area contributed by atoms with Crippen molar-refractivity contribution in [2.75, 3.05) is 17.9 Å². The smallest absolute Gasteiger partial charge is 0.264 e. The lowest BCUT2D eigenvalue weighted by Crippen LogP contribution is -2.53. The van der Waals surface area contributed by atoms with Crippen LogP contribution < -0.4 is 9.62 Å². The molecule has 7 nitrogen and oxygen atoms in total. The third-order valence-electron chi connectivity index (χ3n) is 7.43. The van der Waals surface area contributed by atoms with Crippen molar-refractivity contribution in [1.29, 1.82) is 0 Å². The summed E-state index contributed by atoms with van der Waals surface area (Å²) < 4.78 is 29.6. The molecule has 230 valence electrons. The first-order chi connectivity index (χ1) is 20.9. The number of hydrogen-bond donors (Lipinski definition) is 1. The number of carbonyl (C=O) groups excluding carboxylic acids is 2. The van der Waals surface area contributed by atoms with Crippen LogP contribution >= 0.6 is 23.2 Å². The molecule has 4 aromatic rings. The minimum atomic E-state index is -4.21. The lowest BCUT2D eigenvalue weighted by Gasteiger charge is -2.34. The maximum absolute atomic E-state index is 14.5. The number of nitrogens with zero attached hydrogens (tertiary/aromatic N) is 2. The van der Waals surface area contributed by atoms with Crippen LogP contribution in [0.2, 0.25) is 10.0 Å². The Morgan fingerprint density at radius 2 is 1.43 bits per heavy atom. The van der Waals surface area contributed by atoms with Gasteiger partial charge in [0, 0.05) is 35.6 Å². The molecule has 0 unspecified atom stereocenters. The molecule has 0 aliphatic rings. The Hall–Kier alpha value is -3.85. The number of halogens is 2. The average molecular weight is 653 g/mol. The van der Waals surface area contributed by atoms with E-state index >= 15 is 0 Å². The van der Waals surface area contributed by atoms with Crippen molar-refractivity contribution in [2.45, 2.75) is 44.7 Å². The van der Waals surface area contributed by atoms with E-state index in [1.807, 2.05) is 56.3 Å². The summed E-state index contributed by atoms with van der Waals surface area (Å²) in [6, 6.07) is 25.2. The maximum Gasteiger partial charge on any atom is 0.264 e. The molecule has 2 amide bonds. The molecule has 0 saturated heterocycles. The van der Waals surface area contributed by atoms with Crippen molar-refractivity contribution in [3.8, 4) is 0 Å². The third-order valence-corrected chi connectivity index (χ3v) is 9.91.